The van der Waals surface area contributed by atoms with Crippen LogP contribution in [0.3, 0.4) is 0 Å². The molecule has 0 aliphatic rings. The van der Waals surface area contributed by atoms with E-state index in [4.69, 9.17) is 22.1 Å². The molecule has 1 aromatic carbocycles. The van der Waals surface area contributed by atoms with Crippen LogP contribution in [0.2, 0.25) is 5.02 Å². The van der Waals surface area contributed by atoms with Crippen LogP contribution in [-0.2, 0) is 16.1 Å². The van der Waals surface area contributed by atoms with Crippen LogP contribution in [0.25, 0.3) is 0 Å². The van der Waals surface area contributed by atoms with Crippen molar-refractivity contribution >= 4 is 17.5 Å². The Balaban J connectivity index is 2.34. The van der Waals surface area contributed by atoms with E-state index in [0.29, 0.717) is 24.6 Å². The molecule has 0 spiro atoms. The lowest BCUT2D eigenvalue weighted by molar-refractivity contribution is -0.122. The molecule has 4 nitrogen and oxygen atoms in total. The summed E-state index contributed by atoms with van der Waals surface area (Å²) in [5, 5.41) is 3.42. The molecule has 0 saturated carbocycles. The van der Waals surface area contributed by atoms with E-state index in [1.807, 2.05) is 18.2 Å². The monoisotopic (exact) mass is 270 g/mol. The zero-order chi connectivity index (χ0) is 13.4. The van der Waals surface area contributed by atoms with Gasteiger partial charge >= 0.3 is 0 Å². The third kappa shape index (κ3) is 5.04. The number of nitrogens with one attached hydrogen (secondary N) is 1. The summed E-state index contributed by atoms with van der Waals surface area (Å²) in [4.78, 5) is 11.7. The van der Waals surface area contributed by atoms with E-state index >= 15 is 0 Å². The molecule has 1 unspecified atom stereocenters. The van der Waals surface area contributed by atoms with Crippen molar-refractivity contribution in [2.24, 2.45) is 5.73 Å². The summed E-state index contributed by atoms with van der Waals surface area (Å²) in [6, 6.07) is 6.90. The molecule has 0 radical (unpaired) electrons. The Kier molecular flexibility index (Phi) is 6.72. The maximum Gasteiger partial charge on any atom is 0.237 e. The number of nitrogens with two attached hydrogens (primary N) is 1. The van der Waals surface area contributed by atoms with Crippen LogP contribution in [0.15, 0.2) is 24.3 Å². The number of halogens is 1. The smallest absolute Gasteiger partial charge is 0.237 e. The van der Waals surface area contributed by atoms with Gasteiger partial charge in [0.05, 0.1) is 6.04 Å². The summed E-state index contributed by atoms with van der Waals surface area (Å²) >= 11 is 5.99. The van der Waals surface area contributed by atoms with Crippen LogP contribution < -0.4 is 11.1 Å². The first-order valence-electron chi connectivity index (χ1n) is 5.90. The fourth-order valence-corrected chi connectivity index (χ4v) is 1.74. The van der Waals surface area contributed by atoms with Gasteiger partial charge in [-0.25, -0.2) is 0 Å². The number of ether oxygens (including phenoxy) is 1. The number of carbonyl (C=O) groups excluding carboxylic acids is 1. The van der Waals surface area contributed by atoms with Gasteiger partial charge in [0.15, 0.2) is 0 Å². The fraction of sp³-hybridized carbons (Fsp3) is 0.462. The maximum atomic E-state index is 11.7. The molecular weight excluding hydrogens is 252 g/mol. The van der Waals surface area contributed by atoms with Crippen LogP contribution in [0, 0.1) is 0 Å². The summed E-state index contributed by atoms with van der Waals surface area (Å²) in [5.41, 5.74) is 6.65. The van der Waals surface area contributed by atoms with Gasteiger partial charge in [-0.1, -0.05) is 29.8 Å². The summed E-state index contributed by atoms with van der Waals surface area (Å²) in [6.45, 7) is 1.02. The molecule has 1 rings (SSSR count). The van der Waals surface area contributed by atoms with E-state index in [9.17, 15) is 4.79 Å². The first kappa shape index (κ1) is 15.0. The van der Waals surface area contributed by atoms with Crippen molar-refractivity contribution in [3.05, 3.63) is 34.9 Å². The van der Waals surface area contributed by atoms with E-state index in [1.165, 1.54) is 0 Å². The average molecular weight is 271 g/mol. The van der Waals surface area contributed by atoms with Crippen LogP contribution in [0.4, 0.5) is 0 Å². The van der Waals surface area contributed by atoms with E-state index in [1.54, 1.807) is 13.2 Å². The van der Waals surface area contributed by atoms with E-state index < -0.39 is 6.04 Å². The lowest BCUT2D eigenvalue weighted by Crippen LogP contribution is -2.40. The predicted octanol–water partition coefficient (Wildman–Crippen LogP) is 1.71. The van der Waals surface area contributed by atoms with Gasteiger partial charge in [-0.05, 0) is 24.5 Å². The topological polar surface area (TPSA) is 64.3 Å². The number of benzene rings is 1. The highest BCUT2D eigenvalue weighted by Gasteiger charge is 2.12. The van der Waals surface area contributed by atoms with Gasteiger partial charge in [0.2, 0.25) is 5.91 Å². The SMILES string of the molecule is COCCCC(N)C(=O)NCc1ccccc1Cl. The molecule has 5 heteroatoms. The second kappa shape index (κ2) is 8.08. The molecule has 1 amide bonds. The van der Waals surface area contributed by atoms with E-state index in [-0.39, 0.29) is 5.91 Å². The summed E-state index contributed by atoms with van der Waals surface area (Å²) < 4.78 is 4.91. The molecule has 18 heavy (non-hydrogen) atoms. The summed E-state index contributed by atoms with van der Waals surface area (Å²) in [7, 11) is 1.63. The van der Waals surface area contributed by atoms with Crippen molar-refractivity contribution < 1.29 is 9.53 Å². The normalized spacial score (nSPS) is 12.2. The zero-order valence-corrected chi connectivity index (χ0v) is 11.2. The van der Waals surface area contributed by atoms with Crippen LogP contribution in [-0.4, -0.2) is 25.7 Å². The highest BCUT2D eigenvalue weighted by Crippen LogP contribution is 2.14. The third-order valence-electron chi connectivity index (χ3n) is 2.61. The minimum atomic E-state index is -0.498. The Morgan fingerprint density at radius 3 is 2.89 bits per heavy atom. The highest BCUT2D eigenvalue weighted by atomic mass is 35.5. The second-order valence-corrected chi connectivity index (χ2v) is 4.46. The Hall–Kier alpha value is -1.10. The Morgan fingerprint density at radius 1 is 1.50 bits per heavy atom. The predicted molar refractivity (Wildman–Crippen MR) is 72.4 cm³/mol. The van der Waals surface area contributed by atoms with E-state index in [2.05, 4.69) is 5.32 Å². The van der Waals surface area contributed by atoms with Crippen LogP contribution in [0.1, 0.15) is 18.4 Å². The third-order valence-corrected chi connectivity index (χ3v) is 2.98. The van der Waals surface area contributed by atoms with Crippen molar-refractivity contribution in [2.45, 2.75) is 25.4 Å². The molecule has 0 aromatic heterocycles. The number of amides is 1. The minimum Gasteiger partial charge on any atom is -0.385 e. The zero-order valence-electron chi connectivity index (χ0n) is 10.5. The van der Waals surface area contributed by atoms with Crippen molar-refractivity contribution in [3.8, 4) is 0 Å². The molecular formula is C13H19ClN2O2. The molecule has 0 aliphatic carbocycles. The van der Waals surface area contributed by atoms with Crippen molar-refractivity contribution in [1.82, 2.24) is 5.32 Å². The molecule has 0 aliphatic heterocycles. The molecule has 0 saturated heterocycles. The second-order valence-electron chi connectivity index (χ2n) is 4.05. The Labute approximate surface area is 112 Å². The van der Waals surface area contributed by atoms with Gasteiger partial charge in [-0.2, -0.15) is 0 Å². The van der Waals surface area contributed by atoms with Gasteiger partial charge in [-0.15, -0.1) is 0 Å². The number of hydrogen-bond acceptors (Lipinski definition) is 3. The number of hydrogen-bond donors (Lipinski definition) is 2. The van der Waals surface area contributed by atoms with Gasteiger partial charge in [0.1, 0.15) is 0 Å². The lowest BCUT2D eigenvalue weighted by atomic mass is 10.1. The molecule has 1 aromatic rings. The van der Waals surface area contributed by atoms with Gasteiger partial charge in [0.25, 0.3) is 0 Å². The van der Waals surface area contributed by atoms with Crippen molar-refractivity contribution in [3.63, 3.8) is 0 Å². The fourth-order valence-electron chi connectivity index (χ4n) is 1.53. The van der Waals surface area contributed by atoms with Crippen molar-refractivity contribution in [1.29, 1.82) is 0 Å². The standard InChI is InChI=1S/C13H19ClN2O2/c1-18-8-4-7-12(15)13(17)16-9-10-5-2-3-6-11(10)14/h2-3,5-6,12H,4,7-9,15H2,1H3,(H,16,17). The molecule has 0 heterocycles. The molecule has 3 N–H and O–H groups in total. The minimum absolute atomic E-state index is 0.161. The van der Waals surface area contributed by atoms with Gasteiger partial charge in [-0.3, -0.25) is 4.79 Å². The average Bonchev–Trinajstić information content (AvgIpc) is 2.37. The molecule has 0 fully saturated rings. The number of methoxy groups -OCH3 is 1. The quantitative estimate of drug-likeness (QED) is 0.742. The van der Waals surface area contributed by atoms with Crippen LogP contribution >= 0.6 is 11.6 Å². The first-order chi connectivity index (χ1) is 8.65. The van der Waals surface area contributed by atoms with Crippen LogP contribution in [0.5, 0.6) is 0 Å². The lowest BCUT2D eigenvalue weighted by Gasteiger charge is -2.12. The molecule has 0 bridgehead atoms. The molecule has 100 valence electrons. The van der Waals surface area contributed by atoms with E-state index in [0.717, 1.165) is 12.0 Å². The summed E-state index contributed by atoms with van der Waals surface area (Å²) in [5.74, 6) is -0.161. The number of carbonyl (C=O) groups is 1. The first-order valence-corrected chi connectivity index (χ1v) is 6.28. The highest BCUT2D eigenvalue weighted by molar-refractivity contribution is 6.31. The van der Waals surface area contributed by atoms with Gasteiger partial charge < -0.3 is 15.8 Å². The Morgan fingerprint density at radius 2 is 2.22 bits per heavy atom. The Bertz CT molecular complexity index is 385. The van der Waals surface area contributed by atoms with Gasteiger partial charge in [0, 0.05) is 25.3 Å². The molecule has 1 atom stereocenters. The maximum absolute atomic E-state index is 11.7. The van der Waals surface area contributed by atoms with Crippen molar-refractivity contribution in [2.75, 3.05) is 13.7 Å². The largest absolute Gasteiger partial charge is 0.385 e. The number of rotatable bonds is 7. The summed E-state index contributed by atoms with van der Waals surface area (Å²) in [6.07, 6.45) is 1.39.